The van der Waals surface area contributed by atoms with E-state index in [0.29, 0.717) is 12.8 Å². The zero-order valence-electron chi connectivity index (χ0n) is 42.4. The fraction of sp³-hybridized carbons (Fsp3) is 0.925. The fourth-order valence-corrected chi connectivity index (χ4v) is 8.74. The smallest absolute Gasteiger partial charge is 0.306 e. The molecule has 0 aliphatic carbocycles. The lowest BCUT2D eigenvalue weighted by Gasteiger charge is -2.42. The van der Waals surface area contributed by atoms with Crippen LogP contribution in [0, 0.1) is 0 Å². The minimum absolute atomic E-state index is 0.167. The first-order valence-corrected chi connectivity index (χ1v) is 27.3. The van der Waals surface area contributed by atoms with Crippen molar-refractivity contribution in [1.82, 2.24) is 0 Å². The van der Waals surface area contributed by atoms with E-state index in [4.69, 9.17) is 28.4 Å². The monoisotopic (exact) mass is 975 g/mol. The van der Waals surface area contributed by atoms with E-state index in [1.807, 2.05) is 0 Å². The Morgan fingerprint density at radius 2 is 0.838 bits per heavy atom. The van der Waals surface area contributed by atoms with Crippen molar-refractivity contribution in [3.05, 3.63) is 12.2 Å². The van der Waals surface area contributed by atoms with E-state index in [9.17, 15) is 45.3 Å². The number of aliphatic hydroxyl groups excluding tert-OH is 7. The molecule has 2 heterocycles. The van der Waals surface area contributed by atoms with E-state index in [1.54, 1.807) is 0 Å². The van der Waals surface area contributed by atoms with Crippen LogP contribution in [0.25, 0.3) is 0 Å². The maximum Gasteiger partial charge on any atom is 0.306 e. The van der Waals surface area contributed by atoms with Gasteiger partial charge in [-0.05, 0) is 38.5 Å². The highest BCUT2D eigenvalue weighted by atomic mass is 16.7. The van der Waals surface area contributed by atoms with Crippen LogP contribution in [0.1, 0.15) is 219 Å². The summed E-state index contributed by atoms with van der Waals surface area (Å²) in [5.74, 6) is -0.938. The van der Waals surface area contributed by atoms with Gasteiger partial charge < -0.3 is 64.2 Å². The van der Waals surface area contributed by atoms with Crippen molar-refractivity contribution in [3.63, 3.8) is 0 Å². The summed E-state index contributed by atoms with van der Waals surface area (Å²) in [6, 6.07) is 0. The normalized spacial score (nSPS) is 25.8. The molecule has 0 aromatic heterocycles. The summed E-state index contributed by atoms with van der Waals surface area (Å²) in [5, 5.41) is 72.1. The molecule has 2 aliphatic rings. The van der Waals surface area contributed by atoms with Gasteiger partial charge in [0.25, 0.3) is 0 Å². The number of rotatable bonds is 43. The average molecular weight is 975 g/mol. The van der Waals surface area contributed by atoms with Crippen LogP contribution in [0.15, 0.2) is 12.2 Å². The van der Waals surface area contributed by atoms with Crippen molar-refractivity contribution < 1.29 is 73.8 Å². The van der Waals surface area contributed by atoms with Crippen LogP contribution >= 0.6 is 0 Å². The lowest BCUT2D eigenvalue weighted by atomic mass is 9.98. The fourth-order valence-electron chi connectivity index (χ4n) is 8.74. The van der Waals surface area contributed by atoms with Gasteiger partial charge in [0, 0.05) is 12.8 Å². The van der Waals surface area contributed by atoms with Gasteiger partial charge in [-0.3, -0.25) is 9.59 Å². The van der Waals surface area contributed by atoms with Crippen LogP contribution in [0.3, 0.4) is 0 Å². The van der Waals surface area contributed by atoms with E-state index < -0.39 is 92.7 Å². The number of carbonyl (C=O) groups is 2. The molecule has 0 saturated carbocycles. The summed E-state index contributed by atoms with van der Waals surface area (Å²) in [4.78, 5) is 25.8. The summed E-state index contributed by atoms with van der Waals surface area (Å²) in [6.07, 6.45) is 23.8. The number of allylic oxidation sites excluding steroid dienone is 2. The molecule has 0 bridgehead atoms. The Labute approximate surface area is 410 Å². The van der Waals surface area contributed by atoms with Crippen LogP contribution in [0.2, 0.25) is 0 Å². The number of unbranched alkanes of at least 4 members (excludes halogenated alkanes) is 27. The quantitative estimate of drug-likeness (QED) is 0.0174. The van der Waals surface area contributed by atoms with Crippen molar-refractivity contribution in [2.45, 2.75) is 287 Å². The molecule has 4 unspecified atom stereocenters. The highest BCUT2D eigenvalue weighted by Gasteiger charge is 2.47. The van der Waals surface area contributed by atoms with E-state index in [2.05, 4.69) is 26.0 Å². The van der Waals surface area contributed by atoms with Gasteiger partial charge in [-0.2, -0.15) is 0 Å². The van der Waals surface area contributed by atoms with Crippen LogP contribution in [-0.4, -0.2) is 142 Å². The Morgan fingerprint density at radius 3 is 1.32 bits per heavy atom. The lowest BCUT2D eigenvalue weighted by Crippen LogP contribution is -2.61. The molecule has 11 atom stereocenters. The molecule has 0 spiro atoms. The zero-order chi connectivity index (χ0) is 49.6. The van der Waals surface area contributed by atoms with E-state index in [-0.39, 0.29) is 26.1 Å². The Kier molecular flexibility index (Phi) is 37.4. The molecule has 0 radical (unpaired) electrons. The second-order valence-corrected chi connectivity index (χ2v) is 19.4. The summed E-state index contributed by atoms with van der Waals surface area (Å²) in [6.45, 7) is 2.60. The number of hydrogen-bond acceptors (Lipinski definition) is 15. The molecule has 2 saturated heterocycles. The maximum absolute atomic E-state index is 13.0. The SMILES string of the molecule is CCCCCCCCCCC/C=C/CCCCC(=O)OC[C@H](CO[C@H]1O[C@@H](CO[C@H]2O[C@@H](CO)[C@@H](O)C(O)C2O)[C@@H](O)C(O)C1O)OC(=O)CCCCCCCCCCCCCCCCCCC. The van der Waals surface area contributed by atoms with Crippen molar-refractivity contribution in [2.24, 2.45) is 0 Å². The minimum Gasteiger partial charge on any atom is -0.462 e. The average Bonchev–Trinajstić information content (AvgIpc) is 3.33. The second-order valence-electron chi connectivity index (χ2n) is 19.4. The van der Waals surface area contributed by atoms with Crippen molar-refractivity contribution in [1.29, 1.82) is 0 Å². The molecule has 15 heteroatoms. The van der Waals surface area contributed by atoms with Gasteiger partial charge in [0.2, 0.25) is 0 Å². The Balaban J connectivity index is 1.79. The Bertz CT molecular complexity index is 1240. The van der Waals surface area contributed by atoms with Gasteiger partial charge >= 0.3 is 11.9 Å². The molecule has 15 nitrogen and oxygen atoms in total. The maximum atomic E-state index is 13.0. The molecule has 0 aromatic carbocycles. The van der Waals surface area contributed by atoms with Crippen molar-refractivity contribution >= 4 is 11.9 Å². The van der Waals surface area contributed by atoms with Gasteiger partial charge in [-0.15, -0.1) is 0 Å². The first-order valence-electron chi connectivity index (χ1n) is 27.3. The Hall–Kier alpha value is -1.76. The molecule has 400 valence electrons. The highest BCUT2D eigenvalue weighted by molar-refractivity contribution is 5.70. The van der Waals surface area contributed by atoms with Crippen LogP contribution in [-0.2, 0) is 38.0 Å². The molecule has 68 heavy (non-hydrogen) atoms. The molecular formula is C53H98O15. The molecule has 0 amide bonds. The lowest BCUT2D eigenvalue weighted by molar-refractivity contribution is -0.332. The van der Waals surface area contributed by atoms with Gasteiger partial charge in [0.1, 0.15) is 55.4 Å². The number of hydrogen-bond donors (Lipinski definition) is 7. The number of ether oxygens (including phenoxy) is 6. The molecule has 7 N–H and O–H groups in total. The molecule has 2 fully saturated rings. The van der Waals surface area contributed by atoms with E-state index >= 15 is 0 Å². The number of aliphatic hydroxyl groups is 7. The van der Waals surface area contributed by atoms with Crippen molar-refractivity contribution in [3.8, 4) is 0 Å². The third kappa shape index (κ3) is 28.3. The number of carbonyl (C=O) groups excluding carboxylic acids is 2. The standard InChI is InChI=1S/C53H98O15/c1-3-5-7-9-11-13-15-17-19-20-22-24-26-28-30-32-34-36-45(56)66-41(38-63-44(55)35-33-31-29-27-25-23-21-18-16-14-12-10-8-6-4-2)39-64-52-51(62)49(60)47(58)43(68-52)40-65-53-50(61)48(59)46(57)42(37-54)67-53/h25,27,41-43,46-54,57-62H,3-24,26,28-40H2,1-2H3/b27-25+/t41-,42+,43+,46-,47-,48?,49?,50?,51?,52+,53+/m1/s1. The predicted octanol–water partition coefficient (Wildman–Crippen LogP) is 8.16. The second kappa shape index (κ2) is 40.8. The van der Waals surface area contributed by atoms with Crippen LogP contribution < -0.4 is 0 Å². The predicted molar refractivity (Wildman–Crippen MR) is 261 cm³/mol. The minimum atomic E-state index is -1.76. The third-order valence-electron chi connectivity index (χ3n) is 13.2. The number of esters is 2. The summed E-state index contributed by atoms with van der Waals surface area (Å²) < 4.78 is 33.6. The van der Waals surface area contributed by atoms with Crippen LogP contribution in [0.5, 0.6) is 0 Å². The van der Waals surface area contributed by atoms with Gasteiger partial charge in [0.15, 0.2) is 18.7 Å². The van der Waals surface area contributed by atoms with Gasteiger partial charge in [-0.25, -0.2) is 0 Å². The third-order valence-corrected chi connectivity index (χ3v) is 13.2. The zero-order valence-corrected chi connectivity index (χ0v) is 42.4. The first-order chi connectivity index (χ1) is 33.0. The first kappa shape index (κ1) is 62.4. The van der Waals surface area contributed by atoms with E-state index in [0.717, 1.165) is 38.5 Å². The topological polar surface area (TPSA) is 231 Å². The van der Waals surface area contributed by atoms with Gasteiger partial charge in [0.05, 0.1) is 19.8 Å². The van der Waals surface area contributed by atoms with Crippen molar-refractivity contribution in [2.75, 3.05) is 26.4 Å². The molecule has 2 rings (SSSR count). The summed E-state index contributed by atoms with van der Waals surface area (Å²) in [5.41, 5.74) is 0. The summed E-state index contributed by atoms with van der Waals surface area (Å²) in [7, 11) is 0. The largest absolute Gasteiger partial charge is 0.462 e. The highest BCUT2D eigenvalue weighted by Crippen LogP contribution is 2.27. The van der Waals surface area contributed by atoms with Crippen LogP contribution in [0.4, 0.5) is 0 Å². The van der Waals surface area contributed by atoms with E-state index in [1.165, 1.54) is 141 Å². The molecule has 0 aromatic rings. The summed E-state index contributed by atoms with van der Waals surface area (Å²) >= 11 is 0. The molecule has 2 aliphatic heterocycles. The molecular weight excluding hydrogens is 877 g/mol. The Morgan fingerprint density at radius 1 is 0.456 bits per heavy atom. The van der Waals surface area contributed by atoms with Gasteiger partial charge in [-0.1, -0.05) is 180 Å².